The number of nitrogens with one attached hydrogen (secondary N) is 1. The van der Waals surface area contributed by atoms with E-state index in [0.29, 0.717) is 31.1 Å². The first-order chi connectivity index (χ1) is 11.8. The van der Waals surface area contributed by atoms with Gasteiger partial charge in [0.15, 0.2) is 5.76 Å². The predicted octanol–water partition coefficient (Wildman–Crippen LogP) is 2.00. The highest BCUT2D eigenvalue weighted by Crippen LogP contribution is 2.48. The first-order valence-electron chi connectivity index (χ1n) is 8.94. The molecule has 2 aliphatic rings. The van der Waals surface area contributed by atoms with Crippen LogP contribution in [0.2, 0.25) is 0 Å². The van der Waals surface area contributed by atoms with Gasteiger partial charge < -0.3 is 9.84 Å². The minimum absolute atomic E-state index is 0.0350. The van der Waals surface area contributed by atoms with E-state index in [2.05, 4.69) is 10.5 Å². The Morgan fingerprint density at radius 1 is 1.32 bits per heavy atom. The monoisotopic (exact) mass is 369 g/mol. The lowest BCUT2D eigenvalue weighted by molar-refractivity contribution is -0.119. The molecule has 25 heavy (non-hydrogen) atoms. The number of aromatic nitrogens is 1. The number of sulfonamides is 1. The first-order valence-corrected chi connectivity index (χ1v) is 10.4. The fourth-order valence-electron chi connectivity index (χ4n) is 4.51. The largest absolute Gasteiger partial charge is 0.360 e. The fourth-order valence-corrected chi connectivity index (χ4v) is 6.38. The Kier molecular flexibility index (Phi) is 4.94. The summed E-state index contributed by atoms with van der Waals surface area (Å²) in [5, 5.41) is 6.70. The molecule has 1 spiro atoms. The van der Waals surface area contributed by atoms with Gasteiger partial charge in [0.25, 0.3) is 0 Å². The normalized spacial score (nSPS) is 23.9. The number of carbonyl (C=O) groups is 1. The van der Waals surface area contributed by atoms with E-state index in [1.54, 1.807) is 18.2 Å². The molecule has 1 aliphatic heterocycles. The van der Waals surface area contributed by atoms with Gasteiger partial charge in [0.2, 0.25) is 15.9 Å². The smallest absolute Gasteiger partial charge is 0.248 e. The summed E-state index contributed by atoms with van der Waals surface area (Å²) in [7, 11) is -3.64. The Hall–Kier alpha value is -1.41. The van der Waals surface area contributed by atoms with Gasteiger partial charge in [-0.2, -0.15) is 4.31 Å². The summed E-state index contributed by atoms with van der Waals surface area (Å²) in [6, 6.07) is 0. The molecule has 1 aromatic rings. The lowest BCUT2D eigenvalue weighted by atomic mass is 9.68. The molecule has 7 nitrogen and oxygen atoms in total. The second kappa shape index (κ2) is 6.72. The van der Waals surface area contributed by atoms with Crippen LogP contribution in [0, 0.1) is 25.2 Å². The van der Waals surface area contributed by atoms with Crippen molar-refractivity contribution in [1.82, 2.24) is 14.8 Å². The fraction of sp³-hybridized carbons (Fsp3) is 0.765. The molecule has 140 valence electrons. The van der Waals surface area contributed by atoms with Gasteiger partial charge in [0.05, 0.1) is 0 Å². The third kappa shape index (κ3) is 3.33. The van der Waals surface area contributed by atoms with Crippen LogP contribution in [0.4, 0.5) is 0 Å². The Labute approximate surface area is 149 Å². The van der Waals surface area contributed by atoms with Gasteiger partial charge in [-0.25, -0.2) is 8.42 Å². The van der Waals surface area contributed by atoms with E-state index >= 15 is 0 Å². The second-order valence-corrected chi connectivity index (χ2v) is 9.38. The average molecular weight is 369 g/mol. The molecule has 0 aromatic carbocycles. The van der Waals surface area contributed by atoms with E-state index in [9.17, 15) is 13.2 Å². The van der Waals surface area contributed by atoms with Crippen LogP contribution in [0.5, 0.6) is 0 Å². The molecule has 8 heteroatoms. The first kappa shape index (κ1) is 18.4. The Morgan fingerprint density at radius 2 is 2.00 bits per heavy atom. The molecule has 1 atom stereocenters. The van der Waals surface area contributed by atoms with Gasteiger partial charge in [-0.15, -0.1) is 0 Å². The van der Waals surface area contributed by atoms with Crippen molar-refractivity contribution in [2.24, 2.45) is 11.3 Å². The van der Waals surface area contributed by atoms with Gasteiger partial charge in [-0.05, 0) is 38.0 Å². The zero-order valence-electron chi connectivity index (χ0n) is 15.2. The van der Waals surface area contributed by atoms with Crippen molar-refractivity contribution in [3.8, 4) is 0 Å². The third-order valence-corrected chi connectivity index (χ3v) is 7.85. The lowest BCUT2D eigenvalue weighted by Gasteiger charge is -2.38. The maximum Gasteiger partial charge on any atom is 0.248 e. The summed E-state index contributed by atoms with van der Waals surface area (Å²) in [6.45, 7) is 6.28. The summed E-state index contributed by atoms with van der Waals surface area (Å²) < 4.78 is 33.0. The van der Waals surface area contributed by atoms with Crippen LogP contribution in [0.15, 0.2) is 9.42 Å². The van der Waals surface area contributed by atoms with Crippen LogP contribution in [-0.4, -0.2) is 43.4 Å². The molecule has 2 fully saturated rings. The molecule has 1 saturated heterocycles. The van der Waals surface area contributed by atoms with Crippen molar-refractivity contribution in [1.29, 1.82) is 0 Å². The minimum Gasteiger partial charge on any atom is -0.360 e. The van der Waals surface area contributed by atoms with E-state index in [1.807, 2.05) is 0 Å². The molecule has 1 aliphatic carbocycles. The highest BCUT2D eigenvalue weighted by atomic mass is 32.2. The standard InChI is InChI=1S/C17H27N3O4S/c1-12-16(13(2)24-19-12)25(22,23)20-10-15(9-18-14(3)21)17(11-20)7-5-4-6-8-17/h15H,4-11H2,1-3H3,(H,18,21). The molecule has 1 N–H and O–H groups in total. The molecule has 1 unspecified atom stereocenters. The minimum atomic E-state index is -3.64. The van der Waals surface area contributed by atoms with Crippen LogP contribution in [0.1, 0.15) is 50.5 Å². The van der Waals surface area contributed by atoms with Crippen molar-refractivity contribution >= 4 is 15.9 Å². The number of rotatable bonds is 4. The summed E-state index contributed by atoms with van der Waals surface area (Å²) in [5.74, 6) is 0.408. The van der Waals surface area contributed by atoms with Crippen molar-refractivity contribution in [3.63, 3.8) is 0 Å². The van der Waals surface area contributed by atoms with Crippen molar-refractivity contribution < 1.29 is 17.7 Å². The topological polar surface area (TPSA) is 92.5 Å². The molecule has 1 saturated carbocycles. The maximum atomic E-state index is 13.2. The second-order valence-electron chi connectivity index (χ2n) is 7.51. The van der Waals surface area contributed by atoms with E-state index in [-0.39, 0.29) is 22.1 Å². The summed E-state index contributed by atoms with van der Waals surface area (Å²) >= 11 is 0. The van der Waals surface area contributed by atoms with Crippen LogP contribution >= 0.6 is 0 Å². The zero-order valence-corrected chi connectivity index (χ0v) is 16.0. The molecule has 1 amide bonds. The lowest BCUT2D eigenvalue weighted by Crippen LogP contribution is -2.39. The highest BCUT2D eigenvalue weighted by Gasteiger charge is 2.50. The van der Waals surface area contributed by atoms with E-state index < -0.39 is 10.0 Å². The molecule has 1 aromatic heterocycles. The third-order valence-electron chi connectivity index (χ3n) is 5.79. The highest BCUT2D eigenvalue weighted by molar-refractivity contribution is 7.89. The van der Waals surface area contributed by atoms with E-state index in [1.165, 1.54) is 13.3 Å². The average Bonchev–Trinajstić information content (AvgIpc) is 3.07. The van der Waals surface area contributed by atoms with Gasteiger partial charge in [-0.1, -0.05) is 24.4 Å². The number of hydrogen-bond donors (Lipinski definition) is 1. The molecule has 0 bridgehead atoms. The maximum absolute atomic E-state index is 13.2. The molecular formula is C17H27N3O4S. The number of hydrogen-bond acceptors (Lipinski definition) is 5. The Morgan fingerprint density at radius 3 is 2.56 bits per heavy atom. The van der Waals surface area contributed by atoms with E-state index in [4.69, 9.17) is 4.52 Å². The zero-order chi connectivity index (χ0) is 18.2. The Balaban J connectivity index is 1.89. The predicted molar refractivity (Wildman–Crippen MR) is 92.4 cm³/mol. The molecule has 3 rings (SSSR count). The van der Waals surface area contributed by atoms with Gasteiger partial charge in [0.1, 0.15) is 10.6 Å². The molecule has 2 heterocycles. The van der Waals surface area contributed by atoms with Gasteiger partial charge in [0, 0.05) is 26.6 Å². The van der Waals surface area contributed by atoms with Gasteiger partial charge >= 0.3 is 0 Å². The van der Waals surface area contributed by atoms with Crippen LogP contribution in [0.25, 0.3) is 0 Å². The van der Waals surface area contributed by atoms with Crippen molar-refractivity contribution in [3.05, 3.63) is 11.5 Å². The van der Waals surface area contributed by atoms with Crippen LogP contribution in [-0.2, 0) is 14.8 Å². The Bertz CT molecular complexity index is 730. The van der Waals surface area contributed by atoms with Crippen LogP contribution in [0.3, 0.4) is 0 Å². The van der Waals surface area contributed by atoms with Crippen LogP contribution < -0.4 is 5.32 Å². The number of nitrogens with zero attached hydrogens (tertiary/aromatic N) is 2. The molecule has 0 radical (unpaired) electrons. The molecular weight excluding hydrogens is 342 g/mol. The number of carbonyl (C=O) groups excluding carboxylic acids is 1. The number of aryl methyl sites for hydroxylation is 2. The quantitative estimate of drug-likeness (QED) is 0.876. The summed E-state index contributed by atoms with van der Waals surface area (Å²) in [5.41, 5.74) is 0.368. The van der Waals surface area contributed by atoms with Gasteiger partial charge in [-0.3, -0.25) is 4.79 Å². The van der Waals surface area contributed by atoms with Crippen molar-refractivity contribution in [2.45, 2.75) is 57.8 Å². The SMILES string of the molecule is CC(=O)NCC1CN(S(=O)(=O)c2c(C)noc2C)CC12CCCCC2. The summed E-state index contributed by atoms with van der Waals surface area (Å²) in [4.78, 5) is 11.6. The van der Waals surface area contributed by atoms with E-state index in [0.717, 1.165) is 25.7 Å². The summed E-state index contributed by atoms with van der Waals surface area (Å²) in [6.07, 6.45) is 5.48. The van der Waals surface area contributed by atoms with Crippen molar-refractivity contribution in [2.75, 3.05) is 19.6 Å². The number of amides is 1.